The van der Waals surface area contributed by atoms with Gasteiger partial charge < -0.3 is 10.2 Å². The highest BCUT2D eigenvalue weighted by Crippen LogP contribution is 2.25. The van der Waals surface area contributed by atoms with E-state index >= 15 is 0 Å². The van der Waals surface area contributed by atoms with Crippen LogP contribution in [0.25, 0.3) is 0 Å². The van der Waals surface area contributed by atoms with E-state index in [2.05, 4.69) is 12.2 Å². The van der Waals surface area contributed by atoms with Crippen LogP contribution < -0.4 is 5.32 Å². The lowest BCUT2D eigenvalue weighted by Gasteiger charge is -2.34. The van der Waals surface area contributed by atoms with Gasteiger partial charge in [0.25, 0.3) is 5.91 Å². The van der Waals surface area contributed by atoms with E-state index in [4.69, 9.17) is 11.6 Å². The second-order valence-electron chi connectivity index (χ2n) is 8.70. The Kier molecular flexibility index (Phi) is 8.02. The molecule has 1 aromatic rings. The van der Waals surface area contributed by atoms with Crippen LogP contribution in [-0.2, 0) is 19.6 Å². The molecule has 1 aromatic carbocycles. The van der Waals surface area contributed by atoms with Crippen molar-refractivity contribution in [3.63, 3.8) is 0 Å². The molecule has 1 N–H and O–H groups in total. The highest BCUT2D eigenvalue weighted by Gasteiger charge is 2.48. The molecule has 4 amide bonds. The minimum atomic E-state index is -3.69. The predicted octanol–water partition coefficient (Wildman–Crippen LogP) is 2.45. The van der Waals surface area contributed by atoms with Crippen LogP contribution in [0.4, 0.5) is 4.79 Å². The summed E-state index contributed by atoms with van der Waals surface area (Å²) >= 11 is 5.84. The highest BCUT2D eigenvalue weighted by atomic mass is 35.5. The van der Waals surface area contributed by atoms with Crippen molar-refractivity contribution in [2.24, 2.45) is 0 Å². The molecule has 11 heteroatoms. The number of imide groups is 1. The molecule has 3 rings (SSSR count). The maximum absolute atomic E-state index is 12.9. The fourth-order valence-electron chi connectivity index (χ4n) is 4.13. The Morgan fingerprint density at radius 1 is 1.06 bits per heavy atom. The quantitative estimate of drug-likeness (QED) is 0.415. The van der Waals surface area contributed by atoms with Crippen molar-refractivity contribution in [2.75, 3.05) is 32.7 Å². The average molecular weight is 499 g/mol. The molecule has 1 unspecified atom stereocenters. The van der Waals surface area contributed by atoms with E-state index in [0.717, 1.165) is 30.6 Å². The molecule has 2 aliphatic rings. The number of carbonyl (C=O) groups excluding carboxylic acids is 3. The predicted molar refractivity (Wildman–Crippen MR) is 124 cm³/mol. The fraction of sp³-hybridized carbons (Fsp3) is 0.591. The number of hydrogen-bond donors (Lipinski definition) is 1. The standard InChI is InChI=1S/C22H31ClN4O5S/c1-3-4-5-6-11-22(2)20(29)27(21(30)24-22)16-19(28)25-12-14-26(15-13-25)33(31,32)18-9-7-17(23)8-10-18/h7-10H,3-6,11-16H2,1-2H3,(H,24,30). The zero-order chi connectivity index (χ0) is 24.2. The van der Waals surface area contributed by atoms with Gasteiger partial charge in [-0.15, -0.1) is 0 Å². The van der Waals surface area contributed by atoms with Crippen molar-refractivity contribution in [1.29, 1.82) is 0 Å². The number of piperazine rings is 1. The topological polar surface area (TPSA) is 107 Å². The molecule has 0 radical (unpaired) electrons. The Morgan fingerprint density at radius 3 is 2.30 bits per heavy atom. The first-order valence-corrected chi connectivity index (χ1v) is 13.1. The number of nitrogens with zero attached hydrogens (tertiary/aromatic N) is 3. The van der Waals surface area contributed by atoms with Gasteiger partial charge in [-0.05, 0) is 37.6 Å². The zero-order valence-electron chi connectivity index (χ0n) is 19.0. The lowest BCUT2D eigenvalue weighted by Crippen LogP contribution is -2.53. The molecule has 9 nitrogen and oxygen atoms in total. The van der Waals surface area contributed by atoms with Gasteiger partial charge in [-0.1, -0.05) is 44.2 Å². The van der Waals surface area contributed by atoms with Crippen LogP contribution in [0.5, 0.6) is 0 Å². The van der Waals surface area contributed by atoms with E-state index in [0.29, 0.717) is 11.4 Å². The van der Waals surface area contributed by atoms with E-state index in [1.165, 1.54) is 33.5 Å². The molecule has 2 heterocycles. The van der Waals surface area contributed by atoms with Gasteiger partial charge in [-0.3, -0.25) is 14.5 Å². The van der Waals surface area contributed by atoms with E-state index in [-0.39, 0.29) is 49.4 Å². The lowest BCUT2D eigenvalue weighted by molar-refractivity contribution is -0.139. The Balaban J connectivity index is 1.55. The van der Waals surface area contributed by atoms with Gasteiger partial charge >= 0.3 is 6.03 Å². The van der Waals surface area contributed by atoms with E-state index < -0.39 is 21.6 Å². The Morgan fingerprint density at radius 2 is 1.70 bits per heavy atom. The number of halogens is 1. The summed E-state index contributed by atoms with van der Waals surface area (Å²) in [6.07, 6.45) is 4.48. The molecule has 1 atom stereocenters. The van der Waals surface area contributed by atoms with E-state index in [1.807, 2.05) is 0 Å². The van der Waals surface area contributed by atoms with Crippen molar-refractivity contribution in [3.8, 4) is 0 Å². The summed E-state index contributed by atoms with van der Waals surface area (Å²) in [5.74, 6) is -0.765. The number of urea groups is 1. The summed E-state index contributed by atoms with van der Waals surface area (Å²) in [5.41, 5.74) is -0.990. The van der Waals surface area contributed by atoms with Crippen LogP contribution in [0.2, 0.25) is 5.02 Å². The Hall–Kier alpha value is -2.17. The molecule has 0 aliphatic carbocycles. The third-order valence-corrected chi connectivity index (χ3v) is 8.38. The third-order valence-electron chi connectivity index (χ3n) is 6.21. The first kappa shape index (κ1) is 25.5. The molecule has 33 heavy (non-hydrogen) atoms. The van der Waals surface area contributed by atoms with Crippen LogP contribution in [-0.4, -0.2) is 78.6 Å². The maximum atomic E-state index is 12.9. The second-order valence-corrected chi connectivity index (χ2v) is 11.1. The molecule has 0 spiro atoms. The second kappa shape index (κ2) is 10.4. The molecule has 0 aromatic heterocycles. The fourth-order valence-corrected chi connectivity index (χ4v) is 5.68. The van der Waals surface area contributed by atoms with Crippen LogP contribution >= 0.6 is 11.6 Å². The monoisotopic (exact) mass is 498 g/mol. The molecular weight excluding hydrogens is 468 g/mol. The Bertz CT molecular complexity index is 993. The normalized spacial score (nSPS) is 22.0. The number of hydrogen-bond acceptors (Lipinski definition) is 5. The summed E-state index contributed by atoms with van der Waals surface area (Å²) in [6.45, 7) is 4.08. The first-order chi connectivity index (χ1) is 15.6. The summed E-state index contributed by atoms with van der Waals surface area (Å²) in [4.78, 5) is 40.7. The van der Waals surface area contributed by atoms with Crippen LogP contribution in [0, 0.1) is 0 Å². The number of amides is 4. The minimum Gasteiger partial charge on any atom is -0.338 e. The summed E-state index contributed by atoms with van der Waals surface area (Å²) in [6, 6.07) is 5.38. The molecule has 2 aliphatic heterocycles. The van der Waals surface area contributed by atoms with Crippen molar-refractivity contribution in [2.45, 2.75) is 56.4 Å². The number of benzene rings is 1. The zero-order valence-corrected chi connectivity index (χ0v) is 20.6. The third kappa shape index (κ3) is 5.67. The first-order valence-electron chi connectivity index (χ1n) is 11.3. The summed E-state index contributed by atoms with van der Waals surface area (Å²) < 4.78 is 26.9. The van der Waals surface area contributed by atoms with Gasteiger partial charge in [-0.2, -0.15) is 4.31 Å². The van der Waals surface area contributed by atoms with Gasteiger partial charge in [-0.25, -0.2) is 13.2 Å². The van der Waals surface area contributed by atoms with E-state index in [1.54, 1.807) is 6.92 Å². The SMILES string of the molecule is CCCCCCC1(C)NC(=O)N(CC(=O)N2CCN(S(=O)(=O)c3ccc(Cl)cc3)CC2)C1=O. The van der Waals surface area contributed by atoms with E-state index in [9.17, 15) is 22.8 Å². The van der Waals surface area contributed by atoms with Crippen molar-refractivity contribution < 1.29 is 22.8 Å². The Labute approximate surface area is 200 Å². The van der Waals surface area contributed by atoms with Gasteiger partial charge in [0.15, 0.2) is 0 Å². The molecule has 0 bridgehead atoms. The van der Waals surface area contributed by atoms with Crippen LogP contribution in [0.1, 0.15) is 46.0 Å². The van der Waals surface area contributed by atoms with Crippen molar-refractivity contribution >= 4 is 39.5 Å². The molecule has 2 fully saturated rings. The smallest absolute Gasteiger partial charge is 0.325 e. The largest absolute Gasteiger partial charge is 0.338 e. The molecule has 2 saturated heterocycles. The highest BCUT2D eigenvalue weighted by molar-refractivity contribution is 7.89. The number of carbonyl (C=O) groups is 3. The van der Waals surface area contributed by atoms with Crippen molar-refractivity contribution in [3.05, 3.63) is 29.3 Å². The lowest BCUT2D eigenvalue weighted by atomic mass is 9.94. The molecule has 0 saturated carbocycles. The van der Waals surface area contributed by atoms with Gasteiger partial charge in [0.1, 0.15) is 12.1 Å². The number of sulfonamides is 1. The van der Waals surface area contributed by atoms with Gasteiger partial charge in [0.05, 0.1) is 4.90 Å². The van der Waals surface area contributed by atoms with Crippen LogP contribution in [0.3, 0.4) is 0 Å². The molecular formula is C22H31ClN4O5S. The summed E-state index contributed by atoms with van der Waals surface area (Å²) in [5, 5.41) is 3.18. The van der Waals surface area contributed by atoms with Gasteiger partial charge in [0, 0.05) is 31.2 Å². The van der Waals surface area contributed by atoms with Crippen LogP contribution in [0.15, 0.2) is 29.2 Å². The average Bonchev–Trinajstić information content (AvgIpc) is 3.00. The number of rotatable bonds is 9. The maximum Gasteiger partial charge on any atom is 0.325 e. The van der Waals surface area contributed by atoms with Gasteiger partial charge in [0.2, 0.25) is 15.9 Å². The van der Waals surface area contributed by atoms with Crippen molar-refractivity contribution in [1.82, 2.24) is 19.4 Å². The molecule has 182 valence electrons. The number of nitrogens with one attached hydrogen (secondary N) is 1. The summed E-state index contributed by atoms with van der Waals surface area (Å²) in [7, 11) is -3.69. The number of unbranched alkanes of at least 4 members (excludes halogenated alkanes) is 3. The minimum absolute atomic E-state index is 0.131.